The van der Waals surface area contributed by atoms with E-state index >= 15 is 0 Å². The molecule has 0 atom stereocenters. The zero-order valence-electron chi connectivity index (χ0n) is 10.9. The molecule has 2 nitrogen and oxygen atoms in total. The third-order valence-corrected chi connectivity index (χ3v) is 1.31. The maximum atomic E-state index is 11.1. The summed E-state index contributed by atoms with van der Waals surface area (Å²) >= 11 is 0. The molecule has 0 rings (SSSR count). The van der Waals surface area contributed by atoms with Gasteiger partial charge in [-0.3, -0.25) is 4.79 Å². The van der Waals surface area contributed by atoms with Crippen LogP contribution < -0.4 is 0 Å². The van der Waals surface area contributed by atoms with Gasteiger partial charge in [0.15, 0.2) is 0 Å². The Morgan fingerprint density at radius 2 is 2.20 bits per heavy atom. The molecule has 0 bridgehead atoms. The summed E-state index contributed by atoms with van der Waals surface area (Å²) in [5, 5.41) is 0. The van der Waals surface area contributed by atoms with Crippen molar-refractivity contribution in [2.75, 3.05) is 0 Å². The molecule has 1 radical (unpaired) electrons. The molecule has 0 spiro atoms. The van der Waals surface area contributed by atoms with Gasteiger partial charge in [0.1, 0.15) is 0 Å². The molecule has 0 N–H and O–H groups in total. The first kappa shape index (κ1) is 6.23. The van der Waals surface area contributed by atoms with E-state index in [1.807, 2.05) is 0 Å². The van der Waals surface area contributed by atoms with Crippen LogP contribution in [0.5, 0.6) is 0 Å². The first-order chi connectivity index (χ1) is 5.57. The van der Waals surface area contributed by atoms with Gasteiger partial charge in [-0.15, -0.1) is 0 Å². The Morgan fingerprint density at radius 3 is 2.50 bits per heavy atom. The van der Waals surface area contributed by atoms with Crippen LogP contribution in [0.4, 0.5) is 0 Å². The summed E-state index contributed by atoms with van der Waals surface area (Å²) < 4.78 is 32.7. The van der Waals surface area contributed by atoms with Gasteiger partial charge in [0.25, 0.3) is 5.97 Å². The summed E-state index contributed by atoms with van der Waals surface area (Å²) in [4.78, 5) is 11.1. The van der Waals surface area contributed by atoms with Crippen LogP contribution in [0.2, 0.25) is 19.6 Å². The third kappa shape index (κ3) is 8.69. The van der Waals surface area contributed by atoms with Gasteiger partial charge in [0, 0.05) is 41.4 Å². The zero-order valence-corrected chi connectivity index (χ0v) is 9.89. The Kier molecular flexibility index (Phi) is 3.33. The molecule has 10 heavy (non-hydrogen) atoms. The van der Waals surface area contributed by atoms with Crippen LogP contribution in [-0.2, 0) is 9.22 Å². The maximum absolute atomic E-state index is 11.1. The van der Waals surface area contributed by atoms with Crippen LogP contribution in [0.1, 0.15) is 18.7 Å². The molecule has 0 saturated heterocycles. The quantitative estimate of drug-likeness (QED) is 0.590. The second kappa shape index (κ2) is 5.35. The molecule has 0 fully saturated rings. The van der Waals surface area contributed by atoms with E-state index < -0.39 is 27.5 Å². The van der Waals surface area contributed by atoms with Crippen molar-refractivity contribution in [3.8, 4) is 0 Å². The summed E-state index contributed by atoms with van der Waals surface area (Å²) in [5.41, 5.74) is 0. The third-order valence-electron chi connectivity index (χ3n) is 0.517. The normalized spacial score (nSPS) is 17.6. The first-order valence-corrected chi connectivity index (χ1v) is 6.06. The van der Waals surface area contributed by atoms with Crippen molar-refractivity contribution in [3.63, 3.8) is 0 Å². The minimum absolute atomic E-state index is 0. The number of hydrogen-bond donors (Lipinski definition) is 0. The molecule has 0 aliphatic heterocycles. The molecule has 0 amide bonds. The van der Waals surface area contributed by atoms with E-state index in [4.69, 9.17) is 9.91 Å². The second-order valence-electron chi connectivity index (χ2n) is 2.65. The van der Waals surface area contributed by atoms with Gasteiger partial charge in [0.05, 0.1) is 0 Å². The standard InChI is InChI=1S/C6H14O2Si.Na/c1-5-6(7)8-9(2,3)4;/h5H2,1-4H3;/i1D2,5D2;. The second-order valence-corrected chi connectivity index (χ2v) is 7.08. The van der Waals surface area contributed by atoms with Gasteiger partial charge < -0.3 is 4.43 Å². The van der Waals surface area contributed by atoms with Crippen molar-refractivity contribution in [2.45, 2.75) is 32.9 Å². The van der Waals surface area contributed by atoms with E-state index in [0.29, 0.717) is 0 Å². The number of carbonyl (C=O) groups excluding carboxylic acids is 1. The fourth-order valence-corrected chi connectivity index (χ4v) is 0.923. The fourth-order valence-electron chi connectivity index (χ4n) is 0.308. The van der Waals surface area contributed by atoms with Crippen molar-refractivity contribution >= 4 is 43.8 Å². The predicted molar refractivity (Wildman–Crippen MR) is 45.5 cm³/mol. The summed E-state index contributed by atoms with van der Waals surface area (Å²) in [6, 6.07) is 0. The molecule has 0 aliphatic carbocycles. The van der Waals surface area contributed by atoms with E-state index in [9.17, 15) is 4.79 Å². The molecule has 0 heterocycles. The van der Waals surface area contributed by atoms with Crippen LogP contribution in [0.3, 0.4) is 0 Å². The number of hydrogen-bond acceptors (Lipinski definition) is 2. The molecule has 0 aromatic rings. The topological polar surface area (TPSA) is 26.3 Å². The Labute approximate surface area is 91.4 Å². The summed E-state index contributed by atoms with van der Waals surface area (Å²) in [5.74, 6) is -1.10. The SMILES string of the molecule is [2H]C([2H])C([2H])([2H])C(=O)O[Si](C)(C)C.[Na]. The van der Waals surface area contributed by atoms with Crippen LogP contribution >= 0.6 is 0 Å². The van der Waals surface area contributed by atoms with Gasteiger partial charge in [-0.1, -0.05) is 6.88 Å². The van der Waals surface area contributed by atoms with Crippen LogP contribution in [-0.4, -0.2) is 43.8 Å². The number of rotatable bonds is 2. The fraction of sp³-hybridized carbons (Fsp3) is 0.833. The number of carbonyl (C=O) groups is 1. The molecule has 0 aliphatic rings. The molecular weight excluding hydrogens is 155 g/mol. The molecule has 4 heteroatoms. The Morgan fingerprint density at radius 1 is 1.70 bits per heavy atom. The molecule has 0 saturated carbocycles. The van der Waals surface area contributed by atoms with Gasteiger partial charge in [-0.25, -0.2) is 0 Å². The van der Waals surface area contributed by atoms with Crippen LogP contribution in [0.25, 0.3) is 0 Å². The van der Waals surface area contributed by atoms with Crippen molar-refractivity contribution in [2.24, 2.45) is 0 Å². The van der Waals surface area contributed by atoms with Gasteiger partial charge in [-0.2, -0.15) is 0 Å². The van der Waals surface area contributed by atoms with Crippen molar-refractivity contribution < 1.29 is 14.7 Å². The first-order valence-electron chi connectivity index (χ1n) is 4.81. The maximum Gasteiger partial charge on any atom is 0.292 e. The average molecular weight is 173 g/mol. The van der Waals surface area contributed by atoms with Crippen molar-refractivity contribution in [1.82, 2.24) is 0 Å². The molecule has 0 aromatic carbocycles. The van der Waals surface area contributed by atoms with Crippen LogP contribution in [0.15, 0.2) is 0 Å². The Hall–Kier alpha value is 0.687. The van der Waals surface area contributed by atoms with Crippen molar-refractivity contribution in [3.05, 3.63) is 0 Å². The molecule has 0 unspecified atom stereocenters. The van der Waals surface area contributed by atoms with E-state index in [0.717, 1.165) is 0 Å². The van der Waals surface area contributed by atoms with E-state index in [1.54, 1.807) is 19.6 Å². The Bertz CT molecular complexity index is 204. The summed E-state index contributed by atoms with van der Waals surface area (Å²) in [6.45, 7) is 3.37. The van der Waals surface area contributed by atoms with Gasteiger partial charge in [0.2, 0.25) is 8.32 Å². The van der Waals surface area contributed by atoms with Crippen molar-refractivity contribution in [1.29, 1.82) is 0 Å². The minimum Gasteiger partial charge on any atom is -0.520 e. The monoisotopic (exact) mass is 173 g/mol. The predicted octanol–water partition coefficient (Wildman–Crippen LogP) is 1.39. The largest absolute Gasteiger partial charge is 0.520 e. The van der Waals surface area contributed by atoms with Gasteiger partial charge >= 0.3 is 0 Å². The summed E-state index contributed by atoms with van der Waals surface area (Å²) in [7, 11) is -2.13. The zero-order chi connectivity index (χ0) is 10.9. The van der Waals surface area contributed by atoms with E-state index in [2.05, 4.69) is 0 Å². The van der Waals surface area contributed by atoms with E-state index in [-0.39, 0.29) is 29.6 Å². The van der Waals surface area contributed by atoms with Gasteiger partial charge in [-0.05, 0) is 19.6 Å². The molecule has 0 aromatic heterocycles. The molecule has 55 valence electrons. The van der Waals surface area contributed by atoms with E-state index in [1.165, 1.54) is 0 Å². The Balaban J connectivity index is 0. The van der Waals surface area contributed by atoms with Crippen LogP contribution in [0, 0.1) is 0 Å². The summed E-state index contributed by atoms with van der Waals surface area (Å²) in [6.07, 6.45) is -2.53. The molecular formula is C6H14NaO2Si. The smallest absolute Gasteiger partial charge is 0.292 e. The minimum atomic E-state index is -2.53. The average Bonchev–Trinajstić information content (AvgIpc) is 1.82.